The summed E-state index contributed by atoms with van der Waals surface area (Å²) in [7, 11) is 2.21. The van der Waals surface area contributed by atoms with E-state index < -0.39 is 0 Å². The maximum atomic E-state index is 3.70. The van der Waals surface area contributed by atoms with Gasteiger partial charge in [0.2, 0.25) is 0 Å². The molecule has 0 aromatic rings. The second-order valence-corrected chi connectivity index (χ2v) is 7.48. The molecule has 98 valence electrons. The molecule has 3 aliphatic carbocycles. The van der Waals surface area contributed by atoms with Gasteiger partial charge < -0.3 is 5.32 Å². The number of nitrogens with one attached hydrogen (secondary N) is 1. The fraction of sp³-hybridized carbons (Fsp3) is 1.00. The zero-order chi connectivity index (χ0) is 12.0. The molecule has 5 unspecified atom stereocenters. The van der Waals surface area contributed by atoms with Gasteiger partial charge in [0.15, 0.2) is 0 Å². The molecule has 0 amide bonds. The fourth-order valence-corrected chi connectivity index (χ4v) is 5.21. The maximum absolute atomic E-state index is 3.70. The Morgan fingerprint density at radius 2 is 1.29 bits per heavy atom. The van der Waals surface area contributed by atoms with Crippen molar-refractivity contribution < 1.29 is 0 Å². The number of rotatable bonds is 3. The smallest absolute Gasteiger partial charge is 0.0121 e. The van der Waals surface area contributed by atoms with Gasteiger partial charge in [-0.3, -0.25) is 0 Å². The summed E-state index contributed by atoms with van der Waals surface area (Å²) < 4.78 is 0. The average Bonchev–Trinajstić information content (AvgIpc) is 2.86. The van der Waals surface area contributed by atoms with Crippen molar-refractivity contribution in [2.75, 3.05) is 7.05 Å². The van der Waals surface area contributed by atoms with E-state index in [1.165, 1.54) is 32.1 Å². The summed E-state index contributed by atoms with van der Waals surface area (Å²) in [5, 5.41) is 3.70. The molecule has 0 radical (unpaired) electrons. The molecule has 1 nitrogen and oxygen atoms in total. The van der Waals surface area contributed by atoms with Crippen LogP contribution in [-0.2, 0) is 0 Å². The van der Waals surface area contributed by atoms with E-state index in [-0.39, 0.29) is 0 Å². The lowest BCUT2D eigenvalue weighted by atomic mass is 9.70. The van der Waals surface area contributed by atoms with Gasteiger partial charge in [0.05, 0.1) is 0 Å². The van der Waals surface area contributed by atoms with Crippen molar-refractivity contribution >= 4 is 0 Å². The third-order valence-electron chi connectivity index (χ3n) is 5.84. The van der Waals surface area contributed by atoms with Crippen LogP contribution in [0, 0.1) is 35.5 Å². The van der Waals surface area contributed by atoms with Crippen molar-refractivity contribution in [3.8, 4) is 0 Å². The number of hydrogen-bond donors (Lipinski definition) is 1. The van der Waals surface area contributed by atoms with Crippen LogP contribution in [0.15, 0.2) is 0 Å². The van der Waals surface area contributed by atoms with Gasteiger partial charge in [-0.15, -0.1) is 0 Å². The number of hydrogen-bond acceptors (Lipinski definition) is 1. The molecule has 3 rings (SSSR count). The fourth-order valence-electron chi connectivity index (χ4n) is 5.21. The van der Waals surface area contributed by atoms with Gasteiger partial charge >= 0.3 is 0 Å². The summed E-state index contributed by atoms with van der Waals surface area (Å²) in [4.78, 5) is 0. The van der Waals surface area contributed by atoms with Crippen LogP contribution in [0.1, 0.15) is 52.4 Å². The highest BCUT2D eigenvalue weighted by Gasteiger charge is 2.49. The second kappa shape index (κ2) is 4.57. The molecule has 17 heavy (non-hydrogen) atoms. The second-order valence-electron chi connectivity index (χ2n) is 7.48. The highest BCUT2D eigenvalue weighted by molar-refractivity contribution is 5.01. The van der Waals surface area contributed by atoms with Crippen molar-refractivity contribution in [2.24, 2.45) is 35.5 Å². The molecule has 0 saturated heterocycles. The van der Waals surface area contributed by atoms with Crippen LogP contribution in [0.3, 0.4) is 0 Å². The Hall–Kier alpha value is -0.0400. The Morgan fingerprint density at radius 1 is 0.765 bits per heavy atom. The van der Waals surface area contributed by atoms with Gasteiger partial charge in [-0.2, -0.15) is 0 Å². The molecule has 3 saturated carbocycles. The molecule has 3 aliphatic rings. The van der Waals surface area contributed by atoms with Crippen LogP contribution >= 0.6 is 0 Å². The Labute approximate surface area is 107 Å². The van der Waals surface area contributed by atoms with Gasteiger partial charge in [0.1, 0.15) is 0 Å². The SMILES string of the molecule is CNC(C1CC(C)CC(C)C1)C1CC2CC2C1. The van der Waals surface area contributed by atoms with E-state index in [1.54, 1.807) is 6.42 Å². The number of fused-ring (bicyclic) bond motifs is 1. The first-order chi connectivity index (χ1) is 8.17. The van der Waals surface area contributed by atoms with Gasteiger partial charge in [-0.05, 0) is 81.1 Å². The Morgan fingerprint density at radius 3 is 1.82 bits per heavy atom. The molecule has 0 spiro atoms. The predicted octanol–water partition coefficient (Wildman–Crippen LogP) is 3.69. The zero-order valence-corrected chi connectivity index (χ0v) is 11.8. The molecule has 0 aliphatic heterocycles. The van der Waals surface area contributed by atoms with E-state index in [0.717, 1.165) is 41.5 Å². The normalized spacial score (nSPS) is 51.0. The highest BCUT2D eigenvalue weighted by Crippen LogP contribution is 2.56. The monoisotopic (exact) mass is 235 g/mol. The van der Waals surface area contributed by atoms with Crippen molar-refractivity contribution in [2.45, 2.75) is 58.4 Å². The van der Waals surface area contributed by atoms with Crippen molar-refractivity contribution in [3.05, 3.63) is 0 Å². The lowest BCUT2D eigenvalue weighted by Gasteiger charge is -2.39. The van der Waals surface area contributed by atoms with Gasteiger partial charge in [-0.1, -0.05) is 13.8 Å². The molecular weight excluding hydrogens is 206 g/mol. The predicted molar refractivity (Wildman–Crippen MR) is 72.8 cm³/mol. The van der Waals surface area contributed by atoms with E-state index in [1.807, 2.05) is 0 Å². The van der Waals surface area contributed by atoms with Gasteiger partial charge in [0, 0.05) is 6.04 Å². The molecule has 0 aromatic carbocycles. The standard InChI is InChI=1S/C16H29N/c1-10-4-11(2)6-14(5-10)16(17-3)15-8-12-7-13(12)9-15/h10-17H,4-9H2,1-3H3. The quantitative estimate of drug-likeness (QED) is 0.786. The van der Waals surface area contributed by atoms with Gasteiger partial charge in [0.25, 0.3) is 0 Å². The third kappa shape index (κ3) is 2.41. The molecule has 5 atom stereocenters. The lowest BCUT2D eigenvalue weighted by molar-refractivity contribution is 0.144. The van der Waals surface area contributed by atoms with Crippen LogP contribution in [0.25, 0.3) is 0 Å². The first-order valence-corrected chi connectivity index (χ1v) is 7.84. The minimum Gasteiger partial charge on any atom is -0.316 e. The molecule has 3 fully saturated rings. The van der Waals surface area contributed by atoms with Crippen LogP contribution < -0.4 is 5.32 Å². The van der Waals surface area contributed by atoms with Gasteiger partial charge in [-0.25, -0.2) is 0 Å². The first kappa shape index (κ1) is 12.0. The van der Waals surface area contributed by atoms with Crippen LogP contribution in [-0.4, -0.2) is 13.1 Å². The first-order valence-electron chi connectivity index (χ1n) is 7.84. The van der Waals surface area contributed by atoms with E-state index in [0.29, 0.717) is 0 Å². The molecule has 0 aromatic heterocycles. The Balaban J connectivity index is 1.63. The largest absolute Gasteiger partial charge is 0.316 e. The van der Waals surface area contributed by atoms with Crippen molar-refractivity contribution in [1.29, 1.82) is 0 Å². The molecule has 0 heterocycles. The van der Waals surface area contributed by atoms with E-state index in [4.69, 9.17) is 0 Å². The van der Waals surface area contributed by atoms with E-state index >= 15 is 0 Å². The molecular formula is C16H29N. The molecule has 1 N–H and O–H groups in total. The summed E-state index contributed by atoms with van der Waals surface area (Å²) in [6.45, 7) is 4.92. The Kier molecular flexibility index (Phi) is 3.23. The van der Waals surface area contributed by atoms with Crippen LogP contribution in [0.4, 0.5) is 0 Å². The summed E-state index contributed by atoms with van der Waals surface area (Å²) in [5.41, 5.74) is 0. The lowest BCUT2D eigenvalue weighted by Crippen LogP contribution is -2.42. The maximum Gasteiger partial charge on any atom is 0.0121 e. The summed E-state index contributed by atoms with van der Waals surface area (Å²) in [5.74, 6) is 6.14. The highest BCUT2D eigenvalue weighted by atomic mass is 14.9. The summed E-state index contributed by atoms with van der Waals surface area (Å²) in [6.07, 6.45) is 9.04. The average molecular weight is 235 g/mol. The van der Waals surface area contributed by atoms with Crippen LogP contribution in [0.5, 0.6) is 0 Å². The van der Waals surface area contributed by atoms with Crippen molar-refractivity contribution in [1.82, 2.24) is 5.32 Å². The van der Waals surface area contributed by atoms with E-state index in [9.17, 15) is 0 Å². The minimum atomic E-state index is 0.827. The molecule has 1 heteroatoms. The minimum absolute atomic E-state index is 0.827. The summed E-state index contributed by atoms with van der Waals surface area (Å²) in [6, 6.07) is 0.827. The third-order valence-corrected chi connectivity index (χ3v) is 5.84. The summed E-state index contributed by atoms with van der Waals surface area (Å²) >= 11 is 0. The van der Waals surface area contributed by atoms with E-state index in [2.05, 4.69) is 26.2 Å². The topological polar surface area (TPSA) is 12.0 Å². The molecule has 0 bridgehead atoms. The zero-order valence-electron chi connectivity index (χ0n) is 11.8. The van der Waals surface area contributed by atoms with Crippen LogP contribution in [0.2, 0.25) is 0 Å². The Bertz CT molecular complexity index is 255. The van der Waals surface area contributed by atoms with Crippen molar-refractivity contribution in [3.63, 3.8) is 0 Å².